The molecule has 4 aliphatic rings. The minimum atomic E-state index is -0.147. The first-order valence-corrected chi connectivity index (χ1v) is 11.9. The molecule has 26 heavy (non-hydrogen) atoms. The zero-order valence-corrected chi connectivity index (χ0v) is 17.9. The summed E-state index contributed by atoms with van der Waals surface area (Å²) in [6.45, 7) is 7.34. The quantitative estimate of drug-likeness (QED) is 0.607. The highest BCUT2D eigenvalue weighted by molar-refractivity contribution is 7.80. The smallest absolute Gasteiger partial charge is 0.0602 e. The summed E-state index contributed by atoms with van der Waals surface area (Å²) in [5, 5.41) is 21.6. The van der Waals surface area contributed by atoms with Gasteiger partial charge in [0.2, 0.25) is 0 Å². The Labute approximate surface area is 165 Å². The van der Waals surface area contributed by atoms with Crippen molar-refractivity contribution in [1.29, 1.82) is 0 Å². The maximum absolute atomic E-state index is 11.5. The molecule has 4 saturated carbocycles. The first-order chi connectivity index (χ1) is 12.3. The van der Waals surface area contributed by atoms with Crippen molar-refractivity contribution >= 4 is 12.6 Å². The Morgan fingerprint density at radius 1 is 1.00 bits per heavy atom. The largest absolute Gasteiger partial charge is 0.393 e. The van der Waals surface area contributed by atoms with Crippen LogP contribution in [0, 0.1) is 46.3 Å². The van der Waals surface area contributed by atoms with E-state index in [1.807, 2.05) is 0 Å². The molecule has 0 bridgehead atoms. The van der Waals surface area contributed by atoms with E-state index < -0.39 is 0 Å². The van der Waals surface area contributed by atoms with Crippen molar-refractivity contribution in [2.45, 2.75) is 90.8 Å². The average molecular weight is 381 g/mol. The predicted molar refractivity (Wildman–Crippen MR) is 110 cm³/mol. The third-order valence-corrected chi connectivity index (χ3v) is 10.3. The molecule has 0 aromatic heterocycles. The molecule has 2 nitrogen and oxygen atoms in total. The first kappa shape index (κ1) is 19.6. The van der Waals surface area contributed by atoms with Crippen LogP contribution in [0.5, 0.6) is 0 Å². The van der Waals surface area contributed by atoms with E-state index in [1.165, 1.54) is 32.1 Å². The molecule has 0 aliphatic heterocycles. The van der Waals surface area contributed by atoms with E-state index in [9.17, 15) is 10.2 Å². The lowest BCUT2D eigenvalue weighted by atomic mass is 9.43. The Hall–Kier alpha value is 0.270. The van der Waals surface area contributed by atoms with Crippen LogP contribution in [0.3, 0.4) is 0 Å². The lowest BCUT2D eigenvalue weighted by molar-refractivity contribution is -0.174. The van der Waals surface area contributed by atoms with E-state index in [0.717, 1.165) is 37.4 Å². The second kappa shape index (κ2) is 6.95. The van der Waals surface area contributed by atoms with Crippen LogP contribution >= 0.6 is 12.6 Å². The second-order valence-corrected chi connectivity index (χ2v) is 11.3. The van der Waals surface area contributed by atoms with Crippen molar-refractivity contribution in [3.63, 3.8) is 0 Å². The molecule has 3 heteroatoms. The van der Waals surface area contributed by atoms with Crippen LogP contribution in [0.15, 0.2) is 0 Å². The van der Waals surface area contributed by atoms with Gasteiger partial charge < -0.3 is 10.2 Å². The molecule has 0 radical (unpaired) electrons. The number of thiol groups is 1. The number of aliphatic hydroxyl groups excluding tert-OH is 2. The van der Waals surface area contributed by atoms with Crippen LogP contribution < -0.4 is 0 Å². The van der Waals surface area contributed by atoms with Gasteiger partial charge in [0.15, 0.2) is 0 Å². The Balaban J connectivity index is 1.61. The Morgan fingerprint density at radius 2 is 1.77 bits per heavy atom. The molecule has 4 rings (SSSR count). The van der Waals surface area contributed by atoms with Gasteiger partial charge in [-0.05, 0) is 110 Å². The highest BCUT2D eigenvalue weighted by atomic mass is 32.1. The van der Waals surface area contributed by atoms with Gasteiger partial charge in [-0.2, -0.15) is 12.6 Å². The SMILES string of the molecule is C[C@H](CCS)[C@H]1CC[C@H]2[C@@H]3CC[C@@H]4C[C@H](O)CC[C@]4(C)[C@H]3C[C@H](O)[C@]12C. The van der Waals surface area contributed by atoms with Crippen LogP contribution in [-0.4, -0.2) is 28.2 Å². The molecule has 0 unspecified atom stereocenters. The Morgan fingerprint density at radius 3 is 2.50 bits per heavy atom. The van der Waals surface area contributed by atoms with Gasteiger partial charge in [-0.15, -0.1) is 0 Å². The molecule has 2 N–H and O–H groups in total. The minimum absolute atomic E-state index is 0.0821. The Kier molecular flexibility index (Phi) is 5.24. The van der Waals surface area contributed by atoms with Gasteiger partial charge in [-0.3, -0.25) is 0 Å². The summed E-state index contributed by atoms with van der Waals surface area (Å²) in [6.07, 6.45) is 10.3. The first-order valence-electron chi connectivity index (χ1n) is 11.3. The van der Waals surface area contributed by atoms with Gasteiger partial charge in [0, 0.05) is 0 Å². The molecule has 4 aliphatic carbocycles. The van der Waals surface area contributed by atoms with Gasteiger partial charge in [0.05, 0.1) is 12.2 Å². The zero-order chi connectivity index (χ0) is 18.7. The zero-order valence-electron chi connectivity index (χ0n) is 17.0. The molecule has 10 atom stereocenters. The predicted octanol–water partition coefficient (Wildman–Crippen LogP) is 4.93. The summed E-state index contributed by atoms with van der Waals surface area (Å²) >= 11 is 4.48. The van der Waals surface area contributed by atoms with Gasteiger partial charge in [-0.1, -0.05) is 20.8 Å². The van der Waals surface area contributed by atoms with Crippen molar-refractivity contribution in [1.82, 2.24) is 0 Å². The van der Waals surface area contributed by atoms with Crippen LogP contribution in [0.1, 0.15) is 78.6 Å². The number of hydrogen-bond acceptors (Lipinski definition) is 3. The van der Waals surface area contributed by atoms with Crippen LogP contribution in [-0.2, 0) is 0 Å². The number of fused-ring (bicyclic) bond motifs is 5. The van der Waals surface area contributed by atoms with Crippen molar-refractivity contribution in [2.24, 2.45) is 46.3 Å². The van der Waals surface area contributed by atoms with E-state index in [4.69, 9.17) is 0 Å². The average Bonchev–Trinajstić information content (AvgIpc) is 2.96. The molecule has 4 fully saturated rings. The third kappa shape index (κ3) is 2.74. The van der Waals surface area contributed by atoms with Gasteiger partial charge in [-0.25, -0.2) is 0 Å². The van der Waals surface area contributed by atoms with Crippen molar-refractivity contribution in [3.05, 3.63) is 0 Å². The number of hydrogen-bond donors (Lipinski definition) is 3. The molecule has 0 saturated heterocycles. The summed E-state index contributed by atoms with van der Waals surface area (Å²) in [6, 6.07) is 0. The topological polar surface area (TPSA) is 40.5 Å². The third-order valence-electron chi connectivity index (χ3n) is 10.1. The minimum Gasteiger partial charge on any atom is -0.393 e. The molecule has 0 aromatic rings. The maximum atomic E-state index is 11.5. The van der Waals surface area contributed by atoms with Gasteiger partial charge >= 0.3 is 0 Å². The number of aliphatic hydroxyl groups is 2. The summed E-state index contributed by atoms with van der Waals surface area (Å²) < 4.78 is 0. The summed E-state index contributed by atoms with van der Waals surface area (Å²) in [5.74, 6) is 5.13. The molecule has 0 spiro atoms. The highest BCUT2D eigenvalue weighted by Crippen LogP contribution is 2.68. The fraction of sp³-hybridized carbons (Fsp3) is 1.00. The summed E-state index contributed by atoms with van der Waals surface area (Å²) in [5.41, 5.74) is 0.458. The van der Waals surface area contributed by atoms with Crippen LogP contribution in [0.25, 0.3) is 0 Å². The van der Waals surface area contributed by atoms with Crippen LogP contribution in [0.2, 0.25) is 0 Å². The fourth-order valence-corrected chi connectivity index (χ4v) is 8.97. The summed E-state index contributed by atoms with van der Waals surface area (Å²) in [4.78, 5) is 0. The molecule has 150 valence electrons. The lowest BCUT2D eigenvalue weighted by Crippen LogP contribution is -2.58. The second-order valence-electron chi connectivity index (χ2n) is 10.9. The monoisotopic (exact) mass is 380 g/mol. The van der Waals surface area contributed by atoms with Crippen molar-refractivity contribution < 1.29 is 10.2 Å². The lowest BCUT2D eigenvalue weighted by Gasteiger charge is -2.62. The van der Waals surface area contributed by atoms with Crippen molar-refractivity contribution in [2.75, 3.05) is 5.75 Å². The van der Waals surface area contributed by atoms with E-state index in [1.54, 1.807) is 0 Å². The van der Waals surface area contributed by atoms with E-state index in [2.05, 4.69) is 33.4 Å². The van der Waals surface area contributed by atoms with E-state index in [0.29, 0.717) is 35.0 Å². The molecule has 0 amide bonds. The Bertz CT molecular complexity index is 524. The van der Waals surface area contributed by atoms with E-state index >= 15 is 0 Å². The maximum Gasteiger partial charge on any atom is 0.0602 e. The summed E-state index contributed by atoms with van der Waals surface area (Å²) in [7, 11) is 0. The standard InChI is InChI=1S/C23H40O2S/c1-14(9-11-26)18-6-7-19-17-5-4-15-12-16(24)8-10-22(15,2)20(17)13-21(25)23(18,19)3/h14-21,24-26H,4-13H2,1-3H3/t14-,15-,16-,17+,18-,19+,20+,21+,22+,23-/m1/s1. The number of rotatable bonds is 3. The van der Waals surface area contributed by atoms with Crippen LogP contribution in [0.4, 0.5) is 0 Å². The molecular weight excluding hydrogens is 340 g/mol. The van der Waals surface area contributed by atoms with Gasteiger partial charge in [0.1, 0.15) is 0 Å². The molecular formula is C23H40O2S. The van der Waals surface area contributed by atoms with Crippen molar-refractivity contribution in [3.8, 4) is 0 Å². The highest BCUT2D eigenvalue weighted by Gasteiger charge is 2.63. The normalized spacial score (nSPS) is 54.9. The molecule has 0 heterocycles. The fourth-order valence-electron chi connectivity index (χ4n) is 8.56. The van der Waals surface area contributed by atoms with E-state index in [-0.39, 0.29) is 17.6 Å². The molecule has 0 aromatic carbocycles. The van der Waals surface area contributed by atoms with Gasteiger partial charge in [0.25, 0.3) is 0 Å².